The Balaban J connectivity index is 3.02. The lowest BCUT2D eigenvalue weighted by Crippen LogP contribution is -2.26. The molecule has 0 fully saturated rings. The second kappa shape index (κ2) is 5.01. The van der Waals surface area contributed by atoms with Gasteiger partial charge in [-0.25, -0.2) is 4.99 Å². The molecule has 6 heteroatoms. The van der Waals surface area contributed by atoms with E-state index in [9.17, 15) is 0 Å². The summed E-state index contributed by atoms with van der Waals surface area (Å²) in [5, 5.41) is 0. The molecule has 0 aromatic heterocycles. The van der Waals surface area contributed by atoms with Crippen LogP contribution in [0.4, 0.5) is 5.69 Å². The highest BCUT2D eigenvalue weighted by molar-refractivity contribution is 5.93. The average Bonchev–Trinajstić information content (AvgIpc) is 2.19. The summed E-state index contributed by atoms with van der Waals surface area (Å²) in [6.07, 6.45) is 0. The van der Waals surface area contributed by atoms with Crippen LogP contribution in [0.15, 0.2) is 28.2 Å². The lowest BCUT2D eigenvalue weighted by molar-refractivity contribution is 0.414. The van der Waals surface area contributed by atoms with Crippen molar-refractivity contribution in [3.63, 3.8) is 0 Å². The van der Waals surface area contributed by atoms with Crippen molar-refractivity contribution >= 4 is 17.6 Å². The molecule has 0 radical (unpaired) electrons. The van der Waals surface area contributed by atoms with Gasteiger partial charge in [0.05, 0.1) is 12.8 Å². The Bertz CT molecular complexity index is 435. The topological polar surface area (TPSA) is 112 Å². The fourth-order valence-electron chi connectivity index (χ4n) is 1.16. The minimum Gasteiger partial charge on any atom is -0.497 e. The first kappa shape index (κ1) is 11.8. The highest BCUT2D eigenvalue weighted by atomic mass is 16.5. The number of hydrogen-bond acceptors (Lipinski definition) is 2. The minimum absolute atomic E-state index is 0.0215. The summed E-state index contributed by atoms with van der Waals surface area (Å²) in [5.41, 5.74) is 17.5. The standard InChI is InChI=1S/C10H15N5O/c1-6-5-7(16-2)3-4-8(6)14-10(13)15-9(11)12/h3-5H,1-2H3,(H6,11,12,13,14,15). The zero-order valence-electron chi connectivity index (χ0n) is 9.27. The lowest BCUT2D eigenvalue weighted by atomic mass is 10.2. The van der Waals surface area contributed by atoms with E-state index >= 15 is 0 Å². The largest absolute Gasteiger partial charge is 0.497 e. The fourth-order valence-corrected chi connectivity index (χ4v) is 1.16. The Kier molecular flexibility index (Phi) is 3.71. The van der Waals surface area contributed by atoms with E-state index in [1.165, 1.54) is 0 Å². The lowest BCUT2D eigenvalue weighted by Gasteiger charge is -2.04. The predicted molar refractivity (Wildman–Crippen MR) is 64.8 cm³/mol. The van der Waals surface area contributed by atoms with Crippen LogP contribution in [0, 0.1) is 6.92 Å². The van der Waals surface area contributed by atoms with Crippen LogP contribution in [-0.4, -0.2) is 19.0 Å². The first-order valence-corrected chi connectivity index (χ1v) is 4.61. The van der Waals surface area contributed by atoms with E-state index in [0.29, 0.717) is 5.69 Å². The molecule has 16 heavy (non-hydrogen) atoms. The molecule has 0 saturated carbocycles. The Morgan fingerprint density at radius 2 is 1.94 bits per heavy atom. The van der Waals surface area contributed by atoms with E-state index in [0.717, 1.165) is 11.3 Å². The Hall–Kier alpha value is -2.24. The Morgan fingerprint density at radius 3 is 2.44 bits per heavy atom. The molecule has 0 atom stereocenters. The third-order valence-electron chi connectivity index (χ3n) is 1.88. The van der Waals surface area contributed by atoms with E-state index in [1.807, 2.05) is 13.0 Å². The van der Waals surface area contributed by atoms with Crippen molar-refractivity contribution < 1.29 is 4.74 Å². The van der Waals surface area contributed by atoms with Gasteiger partial charge in [-0.1, -0.05) is 0 Å². The van der Waals surface area contributed by atoms with E-state index in [1.54, 1.807) is 19.2 Å². The number of aliphatic imine (C=N–C) groups is 2. The quantitative estimate of drug-likeness (QED) is 0.490. The van der Waals surface area contributed by atoms with Gasteiger partial charge in [-0.2, -0.15) is 4.99 Å². The van der Waals surface area contributed by atoms with Gasteiger partial charge in [-0.15, -0.1) is 0 Å². The number of aryl methyl sites for hydroxylation is 1. The van der Waals surface area contributed by atoms with Crippen LogP contribution in [0.1, 0.15) is 5.56 Å². The second-order valence-corrected chi connectivity index (χ2v) is 3.16. The molecule has 0 amide bonds. The van der Waals surface area contributed by atoms with Crippen molar-refractivity contribution in [2.75, 3.05) is 7.11 Å². The number of guanidine groups is 2. The summed E-state index contributed by atoms with van der Waals surface area (Å²) < 4.78 is 5.07. The molecule has 0 aliphatic carbocycles. The number of benzene rings is 1. The average molecular weight is 221 g/mol. The van der Waals surface area contributed by atoms with Gasteiger partial charge in [-0.3, -0.25) is 0 Å². The second-order valence-electron chi connectivity index (χ2n) is 3.16. The maximum atomic E-state index is 5.52. The monoisotopic (exact) mass is 221 g/mol. The van der Waals surface area contributed by atoms with Crippen LogP contribution in [0.2, 0.25) is 0 Å². The van der Waals surface area contributed by atoms with Crippen molar-refractivity contribution in [3.05, 3.63) is 23.8 Å². The molecule has 0 bridgehead atoms. The molecule has 6 N–H and O–H groups in total. The third-order valence-corrected chi connectivity index (χ3v) is 1.88. The molecular weight excluding hydrogens is 206 g/mol. The van der Waals surface area contributed by atoms with Gasteiger partial charge in [0.1, 0.15) is 5.75 Å². The highest BCUT2D eigenvalue weighted by Crippen LogP contribution is 2.23. The predicted octanol–water partition coefficient (Wildman–Crippen LogP) is 0.223. The summed E-state index contributed by atoms with van der Waals surface area (Å²) in [6.45, 7) is 1.89. The number of methoxy groups -OCH3 is 1. The van der Waals surface area contributed by atoms with Crippen LogP contribution in [0.3, 0.4) is 0 Å². The van der Waals surface area contributed by atoms with Gasteiger partial charge in [-0.05, 0) is 30.7 Å². The molecule has 0 unspecified atom stereocenters. The SMILES string of the molecule is COc1ccc(N=C(N)N=C(N)N)c(C)c1. The molecule has 6 nitrogen and oxygen atoms in total. The van der Waals surface area contributed by atoms with E-state index in [-0.39, 0.29) is 11.9 Å². The van der Waals surface area contributed by atoms with Crippen molar-refractivity contribution in [2.45, 2.75) is 6.92 Å². The van der Waals surface area contributed by atoms with Crippen LogP contribution < -0.4 is 21.9 Å². The van der Waals surface area contributed by atoms with Crippen molar-refractivity contribution in [2.24, 2.45) is 27.2 Å². The number of ether oxygens (including phenoxy) is 1. The molecule has 0 aliphatic heterocycles. The summed E-state index contributed by atoms with van der Waals surface area (Å²) in [4.78, 5) is 7.69. The van der Waals surface area contributed by atoms with Crippen LogP contribution >= 0.6 is 0 Å². The molecule has 1 rings (SSSR count). The Morgan fingerprint density at radius 1 is 1.25 bits per heavy atom. The minimum atomic E-state index is -0.118. The number of nitrogens with two attached hydrogens (primary N) is 3. The summed E-state index contributed by atoms with van der Waals surface area (Å²) in [5.74, 6) is 0.664. The molecule has 0 aliphatic rings. The van der Waals surface area contributed by atoms with Crippen molar-refractivity contribution in [1.82, 2.24) is 0 Å². The molecule has 1 aromatic rings. The van der Waals surface area contributed by atoms with E-state index in [2.05, 4.69) is 9.98 Å². The highest BCUT2D eigenvalue weighted by Gasteiger charge is 1.99. The Labute approximate surface area is 93.8 Å². The third kappa shape index (κ3) is 3.16. The van der Waals surface area contributed by atoms with Gasteiger partial charge in [0.2, 0.25) is 5.96 Å². The smallest absolute Gasteiger partial charge is 0.223 e. The number of nitrogens with zero attached hydrogens (tertiary/aromatic N) is 2. The summed E-state index contributed by atoms with van der Waals surface area (Å²) in [6, 6.07) is 5.42. The van der Waals surface area contributed by atoms with Gasteiger partial charge < -0.3 is 21.9 Å². The van der Waals surface area contributed by atoms with Crippen molar-refractivity contribution in [1.29, 1.82) is 0 Å². The van der Waals surface area contributed by atoms with Crippen LogP contribution in [0.5, 0.6) is 5.75 Å². The molecule has 86 valence electrons. The van der Waals surface area contributed by atoms with E-state index in [4.69, 9.17) is 21.9 Å². The molecular formula is C10H15N5O. The van der Waals surface area contributed by atoms with Gasteiger partial charge in [0, 0.05) is 0 Å². The maximum Gasteiger partial charge on any atom is 0.223 e. The first-order chi connectivity index (χ1) is 7.52. The van der Waals surface area contributed by atoms with Gasteiger partial charge in [0.15, 0.2) is 5.96 Å². The summed E-state index contributed by atoms with van der Waals surface area (Å²) >= 11 is 0. The molecule has 0 spiro atoms. The molecule has 1 aromatic carbocycles. The zero-order valence-corrected chi connectivity index (χ0v) is 9.27. The van der Waals surface area contributed by atoms with Gasteiger partial charge >= 0.3 is 0 Å². The number of hydrogen-bond donors (Lipinski definition) is 3. The fraction of sp³-hybridized carbons (Fsp3) is 0.200. The normalized spacial score (nSPS) is 11.0. The molecule has 0 heterocycles. The maximum absolute atomic E-state index is 5.52. The van der Waals surface area contributed by atoms with E-state index < -0.39 is 0 Å². The molecule has 0 saturated heterocycles. The van der Waals surface area contributed by atoms with Crippen molar-refractivity contribution in [3.8, 4) is 5.75 Å². The zero-order chi connectivity index (χ0) is 12.1. The van der Waals surface area contributed by atoms with Crippen LogP contribution in [-0.2, 0) is 0 Å². The summed E-state index contributed by atoms with van der Waals surface area (Å²) in [7, 11) is 1.60. The number of rotatable bonds is 2. The van der Waals surface area contributed by atoms with Gasteiger partial charge in [0.25, 0.3) is 0 Å². The van der Waals surface area contributed by atoms with Crippen LogP contribution in [0.25, 0.3) is 0 Å². The first-order valence-electron chi connectivity index (χ1n) is 4.61.